The minimum atomic E-state index is -4.61. The van der Waals surface area contributed by atoms with E-state index in [9.17, 15) is 13.2 Å². The van der Waals surface area contributed by atoms with Crippen LogP contribution in [0.25, 0.3) is 0 Å². The van der Waals surface area contributed by atoms with Crippen LogP contribution >= 0.6 is 11.6 Å². The van der Waals surface area contributed by atoms with Gasteiger partial charge in [-0.15, -0.1) is 0 Å². The Morgan fingerprint density at radius 1 is 1.25 bits per heavy atom. The van der Waals surface area contributed by atoms with Crippen LogP contribution in [-0.4, -0.2) is 28.7 Å². The molecule has 110 valence electrons. The summed E-state index contributed by atoms with van der Waals surface area (Å²) in [4.78, 5) is 6.70. The Kier molecular flexibility index (Phi) is 3.50. The van der Waals surface area contributed by atoms with Gasteiger partial charge >= 0.3 is 6.18 Å². The fourth-order valence-electron chi connectivity index (χ4n) is 2.46. The molecule has 1 aliphatic carbocycles. The molecule has 20 heavy (non-hydrogen) atoms. The fourth-order valence-corrected chi connectivity index (χ4v) is 2.65. The van der Waals surface area contributed by atoms with Gasteiger partial charge in [-0.05, 0) is 25.2 Å². The Balaban J connectivity index is 1.78. The van der Waals surface area contributed by atoms with Gasteiger partial charge in [-0.2, -0.15) is 13.2 Å². The smallest absolute Gasteiger partial charge is 0.376 e. The number of alkyl halides is 3. The number of nitrogens with zero attached hydrogens (tertiary/aromatic N) is 2. The molecule has 0 aromatic carbocycles. The summed E-state index contributed by atoms with van der Waals surface area (Å²) in [7, 11) is 0. The molecular weight excluding hydrogens is 295 g/mol. The van der Waals surface area contributed by atoms with E-state index in [1.807, 2.05) is 0 Å². The third kappa shape index (κ3) is 2.98. The number of aromatic nitrogens is 2. The van der Waals surface area contributed by atoms with E-state index < -0.39 is 12.0 Å². The molecule has 1 saturated carbocycles. The normalized spacial score (nSPS) is 26.8. The molecule has 2 fully saturated rings. The van der Waals surface area contributed by atoms with Crippen LogP contribution in [0.1, 0.15) is 25.1 Å². The highest BCUT2D eigenvalue weighted by molar-refractivity contribution is 6.29. The van der Waals surface area contributed by atoms with E-state index in [2.05, 4.69) is 15.3 Å². The van der Waals surface area contributed by atoms with Crippen LogP contribution in [0.3, 0.4) is 0 Å². The molecule has 2 aliphatic rings. The summed E-state index contributed by atoms with van der Waals surface area (Å²) in [6.07, 6.45) is -1.58. The molecule has 3 rings (SSSR count). The van der Waals surface area contributed by atoms with Crippen LogP contribution in [-0.2, 0) is 10.9 Å². The number of ether oxygens (including phenoxy) is 1. The summed E-state index contributed by atoms with van der Waals surface area (Å²) in [6, 6.07) is 1.29. The zero-order valence-electron chi connectivity index (χ0n) is 10.5. The molecule has 8 heteroatoms. The fraction of sp³-hybridized carbons (Fsp3) is 0.667. The molecule has 1 N–H and O–H groups in total. The average molecular weight is 308 g/mol. The third-order valence-electron chi connectivity index (χ3n) is 3.50. The lowest BCUT2D eigenvalue weighted by Gasteiger charge is -2.20. The number of hydrogen-bond acceptors (Lipinski definition) is 4. The lowest BCUT2D eigenvalue weighted by Crippen LogP contribution is -2.31. The predicted octanol–water partition coefficient (Wildman–Crippen LogP) is 3.13. The Morgan fingerprint density at radius 2 is 2.00 bits per heavy atom. The summed E-state index contributed by atoms with van der Waals surface area (Å²) in [5.41, 5.74) is 0. The molecule has 0 radical (unpaired) electrons. The Bertz CT molecular complexity index is 507. The minimum Gasteiger partial charge on any atom is -0.376 e. The number of rotatable bonds is 3. The van der Waals surface area contributed by atoms with Crippen LogP contribution in [0, 0.1) is 5.92 Å². The van der Waals surface area contributed by atoms with Crippen LogP contribution in [0.4, 0.5) is 19.0 Å². The van der Waals surface area contributed by atoms with Crippen molar-refractivity contribution in [1.29, 1.82) is 0 Å². The molecule has 2 unspecified atom stereocenters. The molecular formula is C12H13ClF3N3O. The summed E-state index contributed by atoms with van der Waals surface area (Å²) < 4.78 is 43.5. The first-order valence-electron chi connectivity index (χ1n) is 6.43. The van der Waals surface area contributed by atoms with Crippen molar-refractivity contribution in [3.05, 3.63) is 17.0 Å². The summed E-state index contributed by atoms with van der Waals surface area (Å²) in [5, 5.41) is 2.78. The maximum Gasteiger partial charge on any atom is 0.451 e. The first-order valence-corrected chi connectivity index (χ1v) is 6.81. The number of hydrogen-bond donors (Lipinski definition) is 1. The molecule has 0 amide bonds. The van der Waals surface area contributed by atoms with Crippen LogP contribution < -0.4 is 5.32 Å². The van der Waals surface area contributed by atoms with Crippen molar-refractivity contribution in [2.24, 2.45) is 5.92 Å². The lowest BCUT2D eigenvalue weighted by atomic mass is 10.1. The second kappa shape index (κ2) is 5.04. The third-order valence-corrected chi connectivity index (χ3v) is 3.70. The highest BCUT2D eigenvalue weighted by Gasteiger charge is 2.41. The van der Waals surface area contributed by atoms with Gasteiger partial charge in [0.2, 0.25) is 5.82 Å². The SMILES string of the molecule is FC(F)(F)c1nc(Cl)cc(NC2CCOC2C2CC2)n1. The van der Waals surface area contributed by atoms with Crippen molar-refractivity contribution in [3.63, 3.8) is 0 Å². The minimum absolute atomic E-state index is 0.0189. The predicted molar refractivity (Wildman–Crippen MR) is 66.5 cm³/mol. The average Bonchev–Trinajstić information content (AvgIpc) is 3.09. The first-order chi connectivity index (χ1) is 9.43. The molecule has 2 heterocycles. The molecule has 1 aromatic heterocycles. The van der Waals surface area contributed by atoms with E-state index in [0.29, 0.717) is 12.5 Å². The van der Waals surface area contributed by atoms with Crippen LogP contribution in [0.15, 0.2) is 6.07 Å². The van der Waals surface area contributed by atoms with Crippen molar-refractivity contribution in [2.45, 2.75) is 37.6 Å². The molecule has 4 nitrogen and oxygen atoms in total. The van der Waals surface area contributed by atoms with Gasteiger partial charge in [0, 0.05) is 12.7 Å². The van der Waals surface area contributed by atoms with Gasteiger partial charge in [0.1, 0.15) is 11.0 Å². The highest BCUT2D eigenvalue weighted by atomic mass is 35.5. The largest absolute Gasteiger partial charge is 0.451 e. The van der Waals surface area contributed by atoms with Crippen molar-refractivity contribution in [1.82, 2.24) is 9.97 Å². The Morgan fingerprint density at radius 3 is 2.65 bits per heavy atom. The van der Waals surface area contributed by atoms with E-state index in [4.69, 9.17) is 16.3 Å². The number of nitrogens with one attached hydrogen (secondary N) is 1. The van der Waals surface area contributed by atoms with Gasteiger partial charge in [-0.3, -0.25) is 0 Å². The van der Waals surface area contributed by atoms with Gasteiger partial charge in [-0.25, -0.2) is 9.97 Å². The zero-order chi connectivity index (χ0) is 14.3. The first kappa shape index (κ1) is 13.9. The molecule has 2 atom stereocenters. The van der Waals surface area contributed by atoms with Gasteiger partial charge in [-0.1, -0.05) is 11.6 Å². The van der Waals surface area contributed by atoms with Gasteiger partial charge < -0.3 is 10.1 Å². The van der Waals surface area contributed by atoms with Crippen LogP contribution in [0.5, 0.6) is 0 Å². The second-order valence-corrected chi connectivity index (χ2v) is 5.50. The molecule has 0 spiro atoms. The lowest BCUT2D eigenvalue weighted by molar-refractivity contribution is -0.144. The maximum absolute atomic E-state index is 12.6. The Labute approximate surface area is 118 Å². The molecule has 1 aliphatic heterocycles. The number of halogens is 4. The monoisotopic (exact) mass is 307 g/mol. The van der Waals surface area contributed by atoms with Gasteiger partial charge in [0.15, 0.2) is 0 Å². The molecule has 0 bridgehead atoms. The zero-order valence-corrected chi connectivity index (χ0v) is 11.2. The van der Waals surface area contributed by atoms with Crippen molar-refractivity contribution in [2.75, 3.05) is 11.9 Å². The highest BCUT2D eigenvalue weighted by Crippen LogP contribution is 2.39. The van der Waals surface area contributed by atoms with Gasteiger partial charge in [0.05, 0.1) is 12.1 Å². The van der Waals surface area contributed by atoms with E-state index in [1.54, 1.807) is 0 Å². The van der Waals surface area contributed by atoms with Gasteiger partial charge in [0.25, 0.3) is 0 Å². The van der Waals surface area contributed by atoms with Crippen molar-refractivity contribution < 1.29 is 17.9 Å². The summed E-state index contributed by atoms with van der Waals surface area (Å²) >= 11 is 5.63. The van der Waals surface area contributed by atoms with Crippen molar-refractivity contribution in [3.8, 4) is 0 Å². The number of anilines is 1. The van der Waals surface area contributed by atoms with Crippen LogP contribution in [0.2, 0.25) is 5.15 Å². The van der Waals surface area contributed by atoms with Crippen molar-refractivity contribution >= 4 is 17.4 Å². The summed E-state index contributed by atoms with van der Waals surface area (Å²) in [5.74, 6) is -0.623. The second-order valence-electron chi connectivity index (χ2n) is 5.11. The summed E-state index contributed by atoms with van der Waals surface area (Å²) in [6.45, 7) is 0.615. The quantitative estimate of drug-likeness (QED) is 0.872. The molecule has 1 aromatic rings. The Hall–Kier alpha value is -1.08. The molecule has 1 saturated heterocycles. The standard InChI is InChI=1S/C12H13ClF3N3O/c13-8-5-9(19-11(18-8)12(14,15)16)17-7-3-4-20-10(7)6-1-2-6/h5-7,10H,1-4H2,(H,17,18,19). The van der Waals surface area contributed by atoms with E-state index in [1.165, 1.54) is 6.07 Å². The van der Waals surface area contributed by atoms with E-state index in [-0.39, 0.29) is 23.1 Å². The maximum atomic E-state index is 12.6. The van der Waals surface area contributed by atoms with E-state index in [0.717, 1.165) is 19.3 Å². The van der Waals surface area contributed by atoms with E-state index >= 15 is 0 Å². The topological polar surface area (TPSA) is 47.0 Å².